The third-order valence-electron chi connectivity index (χ3n) is 4.25. The quantitative estimate of drug-likeness (QED) is 0.634. The summed E-state index contributed by atoms with van der Waals surface area (Å²) in [5.74, 6) is 0.481. The van der Waals surface area contributed by atoms with E-state index in [1.807, 2.05) is 0 Å². The van der Waals surface area contributed by atoms with Crippen LogP contribution >= 0.6 is 0 Å². The number of benzene rings is 1. The first-order valence-electron chi connectivity index (χ1n) is 7.14. The minimum Gasteiger partial charge on any atom is -0.493 e. The van der Waals surface area contributed by atoms with E-state index >= 15 is 0 Å². The summed E-state index contributed by atoms with van der Waals surface area (Å²) in [6.45, 7) is 6.80. The molecule has 5 heteroatoms. The fraction of sp³-hybridized carbons (Fsp3) is 0.529. The van der Waals surface area contributed by atoms with E-state index in [-0.39, 0.29) is 5.78 Å². The van der Waals surface area contributed by atoms with Crippen LogP contribution in [0.1, 0.15) is 39.4 Å². The number of rotatable bonds is 3. The van der Waals surface area contributed by atoms with E-state index in [4.69, 9.17) is 14.2 Å². The Morgan fingerprint density at radius 3 is 2.14 bits per heavy atom. The van der Waals surface area contributed by atoms with Crippen LogP contribution in [-0.4, -0.2) is 26.0 Å². The number of hydrogen-bond donors (Lipinski definition) is 0. The highest BCUT2D eigenvalue weighted by Crippen LogP contribution is 2.48. The minimum absolute atomic E-state index is 0.129. The molecule has 1 aromatic rings. The smallest absolute Gasteiger partial charge is 0.319 e. The summed E-state index contributed by atoms with van der Waals surface area (Å²) < 4.78 is 16.1. The Morgan fingerprint density at radius 1 is 1.00 bits per heavy atom. The minimum atomic E-state index is -1.13. The van der Waals surface area contributed by atoms with Crippen LogP contribution in [0.5, 0.6) is 11.5 Å². The lowest BCUT2D eigenvalue weighted by atomic mass is 9.67. The molecule has 1 fully saturated rings. The SMILES string of the molecule is COc1ccc([C@@H]2OC(=O)C(C)(C)C(=O)C2(C)C)cc1OC. The first kappa shape index (κ1) is 16.3. The van der Waals surface area contributed by atoms with Gasteiger partial charge < -0.3 is 14.2 Å². The first-order chi connectivity index (χ1) is 10.2. The van der Waals surface area contributed by atoms with Crippen molar-refractivity contribution < 1.29 is 23.8 Å². The summed E-state index contributed by atoms with van der Waals surface area (Å²) in [4.78, 5) is 24.9. The van der Waals surface area contributed by atoms with E-state index in [1.165, 1.54) is 7.11 Å². The number of ether oxygens (including phenoxy) is 3. The first-order valence-corrected chi connectivity index (χ1v) is 7.14. The van der Waals surface area contributed by atoms with Crippen molar-refractivity contribution in [3.8, 4) is 11.5 Å². The molecule has 0 spiro atoms. The molecule has 0 unspecified atom stereocenters. The van der Waals surface area contributed by atoms with Crippen molar-refractivity contribution in [2.24, 2.45) is 10.8 Å². The summed E-state index contributed by atoms with van der Waals surface area (Å²) in [6, 6.07) is 5.26. The Labute approximate surface area is 130 Å². The summed E-state index contributed by atoms with van der Waals surface area (Å²) in [6.07, 6.45) is -0.652. The molecule has 0 aromatic heterocycles. The molecule has 120 valence electrons. The highest BCUT2D eigenvalue weighted by Gasteiger charge is 2.55. The van der Waals surface area contributed by atoms with E-state index in [0.717, 1.165) is 0 Å². The number of carbonyl (C=O) groups is 2. The predicted molar refractivity (Wildman–Crippen MR) is 80.9 cm³/mol. The van der Waals surface area contributed by atoms with Gasteiger partial charge in [-0.1, -0.05) is 6.07 Å². The van der Waals surface area contributed by atoms with E-state index in [1.54, 1.807) is 53.0 Å². The molecule has 1 aromatic carbocycles. The van der Waals surface area contributed by atoms with E-state index in [0.29, 0.717) is 17.1 Å². The van der Waals surface area contributed by atoms with Crippen molar-refractivity contribution >= 4 is 11.8 Å². The van der Waals surface area contributed by atoms with Crippen molar-refractivity contribution in [1.29, 1.82) is 0 Å². The van der Waals surface area contributed by atoms with Gasteiger partial charge in [-0.05, 0) is 45.4 Å². The zero-order valence-electron chi connectivity index (χ0n) is 13.9. The highest BCUT2D eigenvalue weighted by molar-refractivity contribution is 6.07. The third-order valence-corrected chi connectivity index (χ3v) is 4.25. The molecule has 1 aliphatic heterocycles. The second kappa shape index (κ2) is 5.30. The molecular formula is C17H22O5. The number of methoxy groups -OCH3 is 2. The van der Waals surface area contributed by atoms with Crippen LogP contribution in [-0.2, 0) is 14.3 Å². The van der Waals surface area contributed by atoms with Gasteiger partial charge in [-0.2, -0.15) is 0 Å². The zero-order valence-corrected chi connectivity index (χ0v) is 13.9. The summed E-state index contributed by atoms with van der Waals surface area (Å²) in [5, 5.41) is 0. The van der Waals surface area contributed by atoms with Crippen LogP contribution in [0.3, 0.4) is 0 Å². The number of carbonyl (C=O) groups excluding carboxylic acids is 2. The topological polar surface area (TPSA) is 61.8 Å². The van der Waals surface area contributed by atoms with E-state index < -0.39 is 22.9 Å². The Hall–Kier alpha value is -2.04. The van der Waals surface area contributed by atoms with Gasteiger partial charge >= 0.3 is 5.97 Å². The Kier molecular flexibility index (Phi) is 3.94. The fourth-order valence-electron chi connectivity index (χ4n) is 2.92. The molecule has 0 radical (unpaired) electrons. The molecule has 22 heavy (non-hydrogen) atoms. The lowest BCUT2D eigenvalue weighted by Crippen LogP contribution is -2.52. The van der Waals surface area contributed by atoms with Crippen molar-refractivity contribution in [2.45, 2.75) is 33.8 Å². The molecule has 2 rings (SSSR count). The van der Waals surface area contributed by atoms with Gasteiger partial charge in [0.05, 0.1) is 19.6 Å². The highest BCUT2D eigenvalue weighted by atomic mass is 16.6. The molecule has 1 atom stereocenters. The largest absolute Gasteiger partial charge is 0.493 e. The Bertz CT molecular complexity index is 615. The fourth-order valence-corrected chi connectivity index (χ4v) is 2.92. The van der Waals surface area contributed by atoms with Crippen molar-refractivity contribution in [3.63, 3.8) is 0 Å². The normalized spacial score (nSPS) is 22.9. The summed E-state index contributed by atoms with van der Waals surface area (Å²) in [5.41, 5.74) is -1.24. The van der Waals surface area contributed by atoms with Crippen LogP contribution in [0.15, 0.2) is 18.2 Å². The van der Waals surface area contributed by atoms with Gasteiger partial charge in [-0.3, -0.25) is 9.59 Å². The van der Waals surface area contributed by atoms with Crippen molar-refractivity contribution in [1.82, 2.24) is 0 Å². The number of esters is 1. The van der Waals surface area contributed by atoms with Gasteiger partial charge in [-0.25, -0.2) is 0 Å². The van der Waals surface area contributed by atoms with Gasteiger partial charge in [0.1, 0.15) is 11.5 Å². The molecule has 1 saturated heterocycles. The lowest BCUT2D eigenvalue weighted by Gasteiger charge is -2.43. The molecule has 0 bridgehead atoms. The number of hydrogen-bond acceptors (Lipinski definition) is 5. The molecule has 0 aliphatic carbocycles. The van der Waals surface area contributed by atoms with E-state index in [2.05, 4.69) is 0 Å². The standard InChI is InChI=1S/C17H22O5/c1-16(2)13(22-15(19)17(3,4)14(16)18)10-7-8-11(20-5)12(9-10)21-6/h7-9,13H,1-6H3/t13-/m0/s1. The lowest BCUT2D eigenvalue weighted by molar-refractivity contribution is -0.186. The molecule has 5 nitrogen and oxygen atoms in total. The van der Waals surface area contributed by atoms with E-state index in [9.17, 15) is 9.59 Å². The van der Waals surface area contributed by atoms with Gasteiger partial charge in [0.2, 0.25) is 0 Å². The monoisotopic (exact) mass is 306 g/mol. The summed E-state index contributed by atoms with van der Waals surface area (Å²) in [7, 11) is 3.09. The van der Waals surface area contributed by atoms with Crippen LogP contribution in [0.25, 0.3) is 0 Å². The van der Waals surface area contributed by atoms with Crippen LogP contribution in [0.2, 0.25) is 0 Å². The molecule has 0 N–H and O–H groups in total. The maximum Gasteiger partial charge on any atom is 0.319 e. The molecule has 1 heterocycles. The molecule has 1 aliphatic rings. The average Bonchev–Trinajstić information content (AvgIpc) is 2.49. The number of cyclic esters (lactones) is 1. The van der Waals surface area contributed by atoms with Crippen LogP contribution in [0.4, 0.5) is 0 Å². The van der Waals surface area contributed by atoms with Crippen LogP contribution < -0.4 is 9.47 Å². The number of ketones is 1. The second-order valence-corrected chi connectivity index (χ2v) is 6.58. The predicted octanol–water partition coefficient (Wildman–Crippen LogP) is 2.92. The Balaban J connectivity index is 2.48. The molecule has 0 amide bonds. The maximum atomic E-state index is 12.7. The zero-order chi connectivity index (χ0) is 16.7. The van der Waals surface area contributed by atoms with Gasteiger partial charge in [0.25, 0.3) is 0 Å². The molecule has 0 saturated carbocycles. The van der Waals surface area contributed by atoms with Crippen molar-refractivity contribution in [2.75, 3.05) is 14.2 Å². The van der Waals surface area contributed by atoms with Crippen molar-refractivity contribution in [3.05, 3.63) is 23.8 Å². The Morgan fingerprint density at radius 2 is 1.59 bits per heavy atom. The third kappa shape index (κ3) is 2.34. The number of Topliss-reactive ketones (excluding diaryl/α,β-unsaturated/α-hetero) is 1. The van der Waals surface area contributed by atoms with Gasteiger partial charge in [-0.15, -0.1) is 0 Å². The average molecular weight is 306 g/mol. The van der Waals surface area contributed by atoms with Gasteiger partial charge in [0.15, 0.2) is 17.3 Å². The van der Waals surface area contributed by atoms with Crippen LogP contribution in [0, 0.1) is 10.8 Å². The van der Waals surface area contributed by atoms with Gasteiger partial charge in [0, 0.05) is 0 Å². The second-order valence-electron chi connectivity index (χ2n) is 6.58. The molecular weight excluding hydrogens is 284 g/mol. The maximum absolute atomic E-state index is 12.7. The summed E-state index contributed by atoms with van der Waals surface area (Å²) >= 11 is 0.